The van der Waals surface area contributed by atoms with E-state index >= 15 is 0 Å². The highest BCUT2D eigenvalue weighted by molar-refractivity contribution is 7.09. The maximum atomic E-state index is 11.3. The van der Waals surface area contributed by atoms with E-state index in [0.29, 0.717) is 24.4 Å². The molecular weight excluding hydrogens is 252 g/mol. The van der Waals surface area contributed by atoms with Gasteiger partial charge in [-0.25, -0.2) is 9.78 Å². The first-order valence-electron chi connectivity index (χ1n) is 5.93. The van der Waals surface area contributed by atoms with Gasteiger partial charge >= 0.3 is 6.09 Å². The number of ether oxygens (including phenoxy) is 1. The molecule has 0 aliphatic carbocycles. The van der Waals surface area contributed by atoms with Crippen molar-refractivity contribution in [2.75, 3.05) is 6.54 Å². The van der Waals surface area contributed by atoms with Crippen LogP contribution in [0.25, 0.3) is 0 Å². The second-order valence-corrected chi connectivity index (χ2v) is 5.88. The van der Waals surface area contributed by atoms with E-state index in [1.54, 1.807) is 6.20 Å². The van der Waals surface area contributed by atoms with Gasteiger partial charge in [0.1, 0.15) is 16.7 Å². The number of hydrogen-bond donors (Lipinski definition) is 2. The van der Waals surface area contributed by atoms with Crippen molar-refractivity contribution < 1.29 is 14.6 Å². The van der Waals surface area contributed by atoms with Crippen LogP contribution in [0.5, 0.6) is 0 Å². The zero-order valence-electron chi connectivity index (χ0n) is 11.0. The molecule has 1 aromatic heterocycles. The fourth-order valence-corrected chi connectivity index (χ4v) is 1.98. The summed E-state index contributed by atoms with van der Waals surface area (Å²) in [6, 6.07) is 0. The Hall–Kier alpha value is -1.14. The number of nitrogens with zero attached hydrogens (tertiary/aromatic N) is 1. The number of rotatable bonds is 5. The lowest BCUT2D eigenvalue weighted by atomic mass is 10.2. The van der Waals surface area contributed by atoms with Crippen molar-refractivity contribution in [3.05, 3.63) is 16.6 Å². The second-order valence-electron chi connectivity index (χ2n) is 4.96. The molecule has 1 atom stereocenters. The SMILES string of the molecule is CC(C)(C)OC(=O)NCCCC(O)c1nccs1. The molecule has 1 aromatic rings. The van der Waals surface area contributed by atoms with Crippen molar-refractivity contribution >= 4 is 17.4 Å². The number of aromatic nitrogens is 1. The number of carbonyl (C=O) groups excluding carboxylic acids is 1. The van der Waals surface area contributed by atoms with Gasteiger partial charge in [0.05, 0.1) is 0 Å². The van der Waals surface area contributed by atoms with Gasteiger partial charge in [0.15, 0.2) is 0 Å². The number of amides is 1. The van der Waals surface area contributed by atoms with Crippen LogP contribution in [0.3, 0.4) is 0 Å². The van der Waals surface area contributed by atoms with E-state index in [4.69, 9.17) is 4.74 Å². The van der Waals surface area contributed by atoms with Crippen molar-refractivity contribution in [2.45, 2.75) is 45.3 Å². The first-order valence-corrected chi connectivity index (χ1v) is 6.81. The third kappa shape index (κ3) is 5.97. The molecule has 1 unspecified atom stereocenters. The minimum atomic E-state index is -0.551. The maximum Gasteiger partial charge on any atom is 0.407 e. The van der Waals surface area contributed by atoms with Crippen LogP contribution in [0, 0.1) is 0 Å². The Bertz CT molecular complexity index is 360. The summed E-state index contributed by atoms with van der Waals surface area (Å²) >= 11 is 1.43. The van der Waals surface area contributed by atoms with E-state index in [-0.39, 0.29) is 0 Å². The number of hydrogen-bond acceptors (Lipinski definition) is 5. The van der Waals surface area contributed by atoms with Crippen LogP contribution < -0.4 is 5.32 Å². The average Bonchev–Trinajstić information content (AvgIpc) is 2.74. The van der Waals surface area contributed by atoms with Crippen molar-refractivity contribution in [2.24, 2.45) is 0 Å². The van der Waals surface area contributed by atoms with Crippen LogP contribution >= 0.6 is 11.3 Å². The van der Waals surface area contributed by atoms with Gasteiger partial charge in [0.25, 0.3) is 0 Å². The number of alkyl carbamates (subject to hydrolysis) is 1. The van der Waals surface area contributed by atoms with Gasteiger partial charge in [-0.2, -0.15) is 0 Å². The quantitative estimate of drug-likeness (QED) is 0.808. The minimum absolute atomic E-state index is 0.425. The second kappa shape index (κ2) is 6.70. The van der Waals surface area contributed by atoms with E-state index in [1.165, 1.54) is 11.3 Å². The number of aliphatic hydroxyl groups is 1. The first-order chi connectivity index (χ1) is 8.38. The number of aliphatic hydroxyl groups excluding tert-OH is 1. The molecule has 5 nitrogen and oxygen atoms in total. The molecule has 6 heteroatoms. The molecule has 0 fully saturated rings. The summed E-state index contributed by atoms with van der Waals surface area (Å²) in [5.41, 5.74) is -0.482. The molecule has 0 aromatic carbocycles. The lowest BCUT2D eigenvalue weighted by molar-refractivity contribution is 0.0523. The van der Waals surface area contributed by atoms with Gasteiger partial charge in [-0.05, 0) is 33.6 Å². The number of nitrogens with one attached hydrogen (secondary N) is 1. The molecule has 1 rings (SSSR count). The number of carbonyl (C=O) groups is 1. The molecule has 0 aliphatic heterocycles. The summed E-state index contributed by atoms with van der Waals surface area (Å²) in [5, 5.41) is 15.0. The normalized spacial score (nSPS) is 13.1. The van der Waals surface area contributed by atoms with Crippen LogP contribution in [-0.4, -0.2) is 28.3 Å². The molecule has 1 heterocycles. The Morgan fingerprint density at radius 2 is 2.33 bits per heavy atom. The highest BCUT2D eigenvalue weighted by Crippen LogP contribution is 2.19. The third-order valence-electron chi connectivity index (χ3n) is 2.06. The average molecular weight is 272 g/mol. The summed E-state index contributed by atoms with van der Waals surface area (Å²) < 4.78 is 5.09. The lowest BCUT2D eigenvalue weighted by Gasteiger charge is -2.19. The fraction of sp³-hybridized carbons (Fsp3) is 0.667. The molecule has 2 N–H and O–H groups in total. The van der Waals surface area contributed by atoms with Gasteiger partial charge in [0.2, 0.25) is 0 Å². The topological polar surface area (TPSA) is 71.5 Å². The van der Waals surface area contributed by atoms with E-state index in [1.807, 2.05) is 26.2 Å². The fourth-order valence-electron chi connectivity index (χ4n) is 1.32. The van der Waals surface area contributed by atoms with E-state index in [2.05, 4.69) is 10.3 Å². The molecule has 0 radical (unpaired) electrons. The van der Waals surface area contributed by atoms with Crippen LogP contribution in [0.15, 0.2) is 11.6 Å². The summed E-state index contributed by atoms with van der Waals surface area (Å²) in [6.45, 7) is 5.94. The Morgan fingerprint density at radius 1 is 1.61 bits per heavy atom. The molecular formula is C12H20N2O3S. The monoisotopic (exact) mass is 272 g/mol. The zero-order valence-corrected chi connectivity index (χ0v) is 11.8. The molecule has 102 valence electrons. The Labute approximate surface area is 111 Å². The summed E-state index contributed by atoms with van der Waals surface area (Å²) in [7, 11) is 0. The largest absolute Gasteiger partial charge is 0.444 e. The maximum absolute atomic E-state index is 11.3. The smallest absolute Gasteiger partial charge is 0.407 e. The minimum Gasteiger partial charge on any atom is -0.444 e. The Kier molecular flexibility index (Phi) is 5.55. The third-order valence-corrected chi connectivity index (χ3v) is 2.94. The van der Waals surface area contributed by atoms with Crippen LogP contribution in [0.2, 0.25) is 0 Å². The predicted molar refractivity (Wildman–Crippen MR) is 70.5 cm³/mol. The number of thiazole rings is 1. The zero-order chi connectivity index (χ0) is 13.6. The van der Waals surface area contributed by atoms with Gasteiger partial charge in [-0.1, -0.05) is 0 Å². The van der Waals surface area contributed by atoms with Crippen LogP contribution in [-0.2, 0) is 4.74 Å². The molecule has 1 amide bonds. The molecule has 0 saturated carbocycles. The van der Waals surface area contributed by atoms with E-state index in [0.717, 1.165) is 0 Å². The molecule has 0 saturated heterocycles. The molecule has 0 bridgehead atoms. The summed E-state index contributed by atoms with van der Waals surface area (Å²) in [6.07, 6.45) is 1.95. The van der Waals surface area contributed by atoms with Crippen molar-refractivity contribution in [1.82, 2.24) is 10.3 Å². The van der Waals surface area contributed by atoms with Crippen LogP contribution in [0.1, 0.15) is 44.7 Å². The Balaban J connectivity index is 2.14. The van der Waals surface area contributed by atoms with Crippen molar-refractivity contribution in [3.8, 4) is 0 Å². The van der Waals surface area contributed by atoms with Crippen molar-refractivity contribution in [3.63, 3.8) is 0 Å². The van der Waals surface area contributed by atoms with Gasteiger partial charge in [0, 0.05) is 18.1 Å². The molecule has 0 spiro atoms. The van der Waals surface area contributed by atoms with E-state index in [9.17, 15) is 9.90 Å². The van der Waals surface area contributed by atoms with Gasteiger partial charge < -0.3 is 15.2 Å². The van der Waals surface area contributed by atoms with Gasteiger partial charge in [-0.3, -0.25) is 0 Å². The van der Waals surface area contributed by atoms with Crippen molar-refractivity contribution in [1.29, 1.82) is 0 Å². The Morgan fingerprint density at radius 3 is 2.89 bits per heavy atom. The van der Waals surface area contributed by atoms with E-state index < -0.39 is 17.8 Å². The standard InChI is InChI=1S/C12H20N2O3S/c1-12(2,3)17-11(16)14-6-4-5-9(15)10-13-7-8-18-10/h7-9,15H,4-6H2,1-3H3,(H,14,16). The van der Waals surface area contributed by atoms with Crippen LogP contribution in [0.4, 0.5) is 4.79 Å². The summed E-state index contributed by atoms with van der Waals surface area (Å²) in [4.78, 5) is 15.4. The first kappa shape index (κ1) is 14.9. The van der Waals surface area contributed by atoms with Gasteiger partial charge in [-0.15, -0.1) is 11.3 Å². The highest BCUT2D eigenvalue weighted by Gasteiger charge is 2.15. The summed E-state index contributed by atoms with van der Waals surface area (Å²) in [5.74, 6) is 0. The molecule has 0 aliphatic rings. The molecule has 18 heavy (non-hydrogen) atoms. The predicted octanol–water partition coefficient (Wildman–Crippen LogP) is 2.48. The lowest BCUT2D eigenvalue weighted by Crippen LogP contribution is -2.33. The highest BCUT2D eigenvalue weighted by atomic mass is 32.1.